The third kappa shape index (κ3) is 3.93. The summed E-state index contributed by atoms with van der Waals surface area (Å²) in [6.07, 6.45) is 3.22. The first-order chi connectivity index (χ1) is 14.8. The van der Waals surface area contributed by atoms with Crippen LogP contribution in [0.3, 0.4) is 0 Å². The first-order valence-corrected chi connectivity index (χ1v) is 11.2. The predicted octanol–water partition coefficient (Wildman–Crippen LogP) is 2.81. The normalized spacial score (nSPS) is 24.9. The molecule has 2 aliphatic rings. The summed E-state index contributed by atoms with van der Waals surface area (Å²) < 4.78 is 19.1. The minimum Gasteiger partial charge on any atom is -0.386 e. The zero-order valence-electron chi connectivity index (χ0n) is 17.2. The molecule has 0 saturated heterocycles. The lowest BCUT2D eigenvalue weighted by Crippen LogP contribution is -2.51. The molecule has 2 aliphatic heterocycles. The van der Waals surface area contributed by atoms with Gasteiger partial charge in [-0.15, -0.1) is 0 Å². The number of aliphatic imine (C=N–C) groups is 1. The summed E-state index contributed by atoms with van der Waals surface area (Å²) in [5, 5.41) is 11.6. The highest BCUT2D eigenvalue weighted by Gasteiger charge is 2.41. The van der Waals surface area contributed by atoms with Crippen molar-refractivity contribution in [2.75, 3.05) is 17.6 Å². The van der Waals surface area contributed by atoms with E-state index in [1.165, 1.54) is 18.3 Å². The van der Waals surface area contributed by atoms with Crippen LogP contribution in [0.5, 0.6) is 0 Å². The number of aryl methyl sites for hydroxylation is 1. The van der Waals surface area contributed by atoms with Crippen LogP contribution in [-0.2, 0) is 10.7 Å². The van der Waals surface area contributed by atoms with Crippen LogP contribution in [0.4, 0.5) is 10.2 Å². The molecule has 0 bridgehead atoms. The van der Waals surface area contributed by atoms with E-state index in [0.29, 0.717) is 22.7 Å². The SMILES string of the molecule is Cc1cc(C#N)cnc1C(=O)Nc1ccc(F)c(C2CS3=NCCC[C@]3(C)C(N)=N2)n1. The number of nitrogens with two attached hydrogens (primary N) is 1. The Hall–Kier alpha value is -3.19. The van der Waals surface area contributed by atoms with Gasteiger partial charge in [0, 0.05) is 18.5 Å². The van der Waals surface area contributed by atoms with Gasteiger partial charge in [-0.3, -0.25) is 14.1 Å². The average molecular weight is 440 g/mol. The number of nitriles is 1. The van der Waals surface area contributed by atoms with Crippen LogP contribution in [0.1, 0.15) is 53.1 Å². The summed E-state index contributed by atoms with van der Waals surface area (Å²) in [4.78, 5) is 25.6. The van der Waals surface area contributed by atoms with E-state index in [4.69, 9.17) is 15.4 Å². The van der Waals surface area contributed by atoms with E-state index >= 15 is 0 Å². The molecular weight excluding hydrogens is 417 g/mol. The smallest absolute Gasteiger partial charge is 0.275 e. The van der Waals surface area contributed by atoms with Crippen molar-refractivity contribution in [1.82, 2.24) is 9.97 Å². The minimum absolute atomic E-state index is 0.139. The topological polar surface area (TPSA) is 129 Å². The summed E-state index contributed by atoms with van der Waals surface area (Å²) in [6, 6.07) is 5.66. The molecule has 2 aromatic heterocycles. The van der Waals surface area contributed by atoms with Gasteiger partial charge in [0.05, 0.1) is 10.3 Å². The van der Waals surface area contributed by atoms with Gasteiger partial charge >= 0.3 is 0 Å². The van der Waals surface area contributed by atoms with Gasteiger partial charge in [-0.25, -0.2) is 14.4 Å². The maximum atomic E-state index is 14.7. The van der Waals surface area contributed by atoms with Gasteiger partial charge < -0.3 is 11.1 Å². The number of amides is 1. The maximum absolute atomic E-state index is 14.7. The number of hydrogen-bond acceptors (Lipinski definition) is 7. The molecule has 4 rings (SSSR count). The van der Waals surface area contributed by atoms with Crippen LogP contribution in [0.2, 0.25) is 0 Å². The molecule has 3 N–H and O–H groups in total. The fourth-order valence-electron chi connectivity index (χ4n) is 3.78. The Morgan fingerprint density at radius 2 is 2.26 bits per heavy atom. The molecular formula is C21H22FN7OS. The van der Waals surface area contributed by atoms with Crippen LogP contribution >= 0.6 is 0 Å². The fourth-order valence-corrected chi connectivity index (χ4v) is 6.09. The van der Waals surface area contributed by atoms with E-state index in [0.717, 1.165) is 19.4 Å². The van der Waals surface area contributed by atoms with Crippen molar-refractivity contribution in [1.29, 1.82) is 5.26 Å². The maximum Gasteiger partial charge on any atom is 0.275 e. The highest BCUT2D eigenvalue weighted by Crippen LogP contribution is 2.36. The quantitative estimate of drug-likeness (QED) is 0.760. The third-order valence-corrected chi connectivity index (χ3v) is 8.16. The fraction of sp³-hybridized carbons (Fsp3) is 0.381. The molecule has 0 spiro atoms. The number of pyridine rings is 2. The van der Waals surface area contributed by atoms with E-state index < -0.39 is 17.8 Å². The second kappa shape index (κ2) is 8.15. The lowest BCUT2D eigenvalue weighted by atomic mass is 10.0. The molecule has 2 unspecified atom stereocenters. The van der Waals surface area contributed by atoms with Crippen molar-refractivity contribution in [2.24, 2.45) is 15.1 Å². The number of amidine groups is 1. The van der Waals surface area contributed by atoms with Gasteiger partial charge in [-0.05, 0) is 50.5 Å². The summed E-state index contributed by atoms with van der Waals surface area (Å²) >= 11 is 0. The molecule has 0 radical (unpaired) electrons. The average Bonchev–Trinajstić information content (AvgIpc) is 2.75. The molecule has 2 aromatic rings. The number of aromatic nitrogens is 2. The second-order valence-electron chi connectivity index (χ2n) is 7.77. The third-order valence-electron chi connectivity index (χ3n) is 5.58. The van der Waals surface area contributed by atoms with Crippen molar-refractivity contribution in [2.45, 2.75) is 37.5 Å². The van der Waals surface area contributed by atoms with E-state index in [1.54, 1.807) is 13.0 Å². The largest absolute Gasteiger partial charge is 0.386 e. The standard InChI is InChI=1S/C21H22FN7OS/c1-12-8-13(9-23)10-25-17(12)19(30)29-16-5-4-14(22)18(28-16)15-11-31-21(2,20(24)27-15)6-3-7-26-31/h4-5,8,10,15H,3,6-7,11H2,1-2H3,(H2,24,27)(H,28,29,30)/t15?,21-,31?/m1/s1. The highest BCUT2D eigenvalue weighted by atomic mass is 32.2. The van der Waals surface area contributed by atoms with Crippen molar-refractivity contribution in [3.63, 3.8) is 0 Å². The lowest BCUT2D eigenvalue weighted by molar-refractivity contribution is 0.102. The highest BCUT2D eigenvalue weighted by molar-refractivity contribution is 7.89. The number of carbonyl (C=O) groups excluding carboxylic acids is 1. The van der Waals surface area contributed by atoms with Crippen molar-refractivity contribution < 1.29 is 9.18 Å². The van der Waals surface area contributed by atoms with Crippen LogP contribution in [0, 0.1) is 24.1 Å². The molecule has 0 saturated carbocycles. The van der Waals surface area contributed by atoms with Gasteiger partial charge in [-0.2, -0.15) is 5.26 Å². The lowest BCUT2D eigenvalue weighted by Gasteiger charge is -2.39. The van der Waals surface area contributed by atoms with Gasteiger partial charge in [-0.1, -0.05) is 10.7 Å². The van der Waals surface area contributed by atoms with E-state index in [1.807, 2.05) is 6.07 Å². The van der Waals surface area contributed by atoms with Gasteiger partial charge in [0.15, 0.2) is 0 Å². The van der Waals surface area contributed by atoms with Crippen molar-refractivity contribution in [3.05, 3.63) is 52.7 Å². The number of nitrogens with one attached hydrogen (secondary N) is 1. The Morgan fingerprint density at radius 3 is 3.00 bits per heavy atom. The molecule has 10 heteroatoms. The van der Waals surface area contributed by atoms with Gasteiger partial charge in [0.1, 0.15) is 41.0 Å². The Bertz CT molecular complexity index is 1170. The first kappa shape index (κ1) is 21.1. The van der Waals surface area contributed by atoms with E-state index in [9.17, 15) is 9.18 Å². The van der Waals surface area contributed by atoms with Gasteiger partial charge in [0.2, 0.25) is 0 Å². The van der Waals surface area contributed by atoms with Gasteiger partial charge in [0.25, 0.3) is 5.91 Å². The van der Waals surface area contributed by atoms with E-state index in [-0.39, 0.29) is 32.6 Å². The molecule has 3 atom stereocenters. The zero-order chi connectivity index (χ0) is 22.2. The minimum atomic E-state index is -0.551. The Labute approximate surface area is 181 Å². The molecule has 160 valence electrons. The van der Waals surface area contributed by atoms with E-state index in [2.05, 4.69) is 27.2 Å². The monoisotopic (exact) mass is 439 g/mol. The van der Waals surface area contributed by atoms with Crippen LogP contribution < -0.4 is 11.1 Å². The molecule has 4 heterocycles. The first-order valence-electron chi connectivity index (χ1n) is 9.89. The van der Waals surface area contributed by atoms with Crippen LogP contribution in [0.15, 0.2) is 33.8 Å². The van der Waals surface area contributed by atoms with Crippen LogP contribution in [-0.4, -0.2) is 38.8 Å². The summed E-state index contributed by atoms with van der Waals surface area (Å²) in [5.74, 6) is 0.239. The Morgan fingerprint density at radius 1 is 1.45 bits per heavy atom. The number of carbonyl (C=O) groups is 1. The number of fused-ring (bicyclic) bond motifs is 1. The molecule has 0 aromatic carbocycles. The summed E-state index contributed by atoms with van der Waals surface area (Å²) in [6.45, 7) is 4.54. The summed E-state index contributed by atoms with van der Waals surface area (Å²) in [5.41, 5.74) is 7.52. The molecule has 31 heavy (non-hydrogen) atoms. The zero-order valence-corrected chi connectivity index (χ0v) is 18.0. The molecule has 0 fully saturated rings. The molecule has 8 nitrogen and oxygen atoms in total. The second-order valence-corrected chi connectivity index (χ2v) is 9.99. The molecule has 0 aliphatic carbocycles. The number of hydrogen-bond donors (Lipinski definition) is 2. The number of rotatable bonds is 3. The van der Waals surface area contributed by atoms with Crippen molar-refractivity contribution >= 4 is 28.3 Å². The predicted molar refractivity (Wildman–Crippen MR) is 117 cm³/mol. The Balaban J connectivity index is 1.61. The van der Waals surface area contributed by atoms with Crippen LogP contribution in [0.25, 0.3) is 0 Å². The summed E-state index contributed by atoms with van der Waals surface area (Å²) in [7, 11) is -0.352. The molecule has 1 amide bonds. The number of halogens is 1. The number of nitrogens with zero attached hydrogens (tertiary/aromatic N) is 5. The Kier molecular flexibility index (Phi) is 5.54. The van der Waals surface area contributed by atoms with Crippen molar-refractivity contribution in [3.8, 4) is 6.07 Å². The number of anilines is 1.